The van der Waals surface area contributed by atoms with Gasteiger partial charge in [0.05, 0.1) is 21.9 Å². The molecule has 0 aliphatic heterocycles. The first-order chi connectivity index (χ1) is 15.8. The van der Waals surface area contributed by atoms with Crippen LogP contribution in [0.15, 0.2) is 82.3 Å². The van der Waals surface area contributed by atoms with Gasteiger partial charge in [-0.15, -0.1) is 0 Å². The Hall–Kier alpha value is -3.43. The highest BCUT2D eigenvalue weighted by atomic mass is 32.2. The lowest BCUT2D eigenvalue weighted by molar-refractivity contribution is 0.118. The molecule has 0 spiro atoms. The van der Waals surface area contributed by atoms with Crippen LogP contribution in [0.5, 0.6) is 0 Å². The molecule has 0 aliphatic carbocycles. The van der Waals surface area contributed by atoms with Gasteiger partial charge in [0, 0.05) is 17.5 Å². The van der Waals surface area contributed by atoms with E-state index >= 15 is 4.39 Å². The highest BCUT2D eigenvalue weighted by Crippen LogP contribution is 2.29. The number of nitrogens with two attached hydrogens (primary N) is 1. The van der Waals surface area contributed by atoms with Gasteiger partial charge in [0.25, 0.3) is 0 Å². The zero-order chi connectivity index (χ0) is 25.3. The van der Waals surface area contributed by atoms with Crippen LogP contribution >= 0.6 is 0 Å². The summed E-state index contributed by atoms with van der Waals surface area (Å²) in [5, 5.41) is 10.1. The number of aliphatic imine (C=N–C) groups is 1. The summed E-state index contributed by atoms with van der Waals surface area (Å²) in [4.78, 5) is 4.23. The smallest absolute Gasteiger partial charge is 0.175 e. The van der Waals surface area contributed by atoms with E-state index in [0.29, 0.717) is 11.1 Å². The minimum Gasteiger partial charge on any atom is -0.400 e. The zero-order valence-corrected chi connectivity index (χ0v) is 19.5. The molecule has 9 heteroatoms. The molecule has 0 amide bonds. The van der Waals surface area contributed by atoms with E-state index < -0.39 is 32.9 Å². The maximum atomic E-state index is 15.0. The van der Waals surface area contributed by atoms with Gasteiger partial charge in [0.2, 0.25) is 0 Å². The third-order valence-electron chi connectivity index (χ3n) is 5.01. The van der Waals surface area contributed by atoms with E-state index in [1.54, 1.807) is 12.1 Å². The molecule has 0 saturated heterocycles. The van der Waals surface area contributed by atoms with Crippen LogP contribution in [0.1, 0.15) is 19.4 Å². The lowest BCUT2D eigenvalue weighted by Gasteiger charge is -2.18. The molecule has 3 rings (SSSR count). The molecule has 3 aromatic carbocycles. The van der Waals surface area contributed by atoms with Gasteiger partial charge in [0.15, 0.2) is 21.5 Å². The predicted molar refractivity (Wildman–Crippen MR) is 126 cm³/mol. The van der Waals surface area contributed by atoms with Crippen molar-refractivity contribution in [2.24, 2.45) is 10.7 Å². The average Bonchev–Trinajstić information content (AvgIpc) is 2.75. The van der Waals surface area contributed by atoms with Gasteiger partial charge in [-0.05, 0) is 67.4 Å². The minimum atomic E-state index is -3.45. The van der Waals surface area contributed by atoms with Gasteiger partial charge in [-0.25, -0.2) is 26.6 Å². The average molecular weight is 489 g/mol. The van der Waals surface area contributed by atoms with E-state index in [1.165, 1.54) is 50.2 Å². The maximum absolute atomic E-state index is 15.0. The molecule has 3 N–H and O–H groups in total. The van der Waals surface area contributed by atoms with E-state index in [0.717, 1.165) is 24.5 Å². The van der Waals surface area contributed by atoms with Gasteiger partial charge >= 0.3 is 0 Å². The van der Waals surface area contributed by atoms with Crippen LogP contribution in [0.2, 0.25) is 0 Å². The molecule has 0 bridgehead atoms. The highest BCUT2D eigenvalue weighted by Gasteiger charge is 2.20. The third kappa shape index (κ3) is 5.73. The normalized spacial score (nSPS) is 13.3. The number of aliphatic hydroxyl groups is 1. The molecule has 0 aliphatic rings. The number of sulfone groups is 1. The Morgan fingerprint density at radius 3 is 2.24 bits per heavy atom. The number of allylic oxidation sites excluding steroid dienone is 1. The van der Waals surface area contributed by atoms with Crippen LogP contribution in [-0.4, -0.2) is 31.1 Å². The summed E-state index contributed by atoms with van der Waals surface area (Å²) in [7, 11) is -3.45. The molecule has 0 heterocycles. The molecule has 0 aromatic heterocycles. The van der Waals surface area contributed by atoms with Gasteiger partial charge in [-0.2, -0.15) is 0 Å². The van der Waals surface area contributed by atoms with Crippen molar-refractivity contribution in [1.82, 2.24) is 0 Å². The number of rotatable bonds is 6. The van der Waals surface area contributed by atoms with E-state index in [2.05, 4.69) is 4.99 Å². The van der Waals surface area contributed by atoms with Crippen molar-refractivity contribution < 1.29 is 26.7 Å². The fraction of sp³-hybridized carbons (Fsp3) is 0.160. The summed E-state index contributed by atoms with van der Waals surface area (Å²) >= 11 is 0. The largest absolute Gasteiger partial charge is 0.400 e. The van der Waals surface area contributed by atoms with Gasteiger partial charge in [-0.3, -0.25) is 0 Å². The van der Waals surface area contributed by atoms with Crippen LogP contribution in [0.4, 0.5) is 18.9 Å². The first-order valence-electron chi connectivity index (χ1n) is 10.1. The Labute approximate surface area is 196 Å². The lowest BCUT2D eigenvalue weighted by atomic mass is 10.0. The summed E-state index contributed by atoms with van der Waals surface area (Å²) in [6.45, 7) is 2.80. The second-order valence-corrected chi connectivity index (χ2v) is 10.2. The van der Waals surface area contributed by atoms with Crippen LogP contribution in [0, 0.1) is 17.5 Å². The van der Waals surface area contributed by atoms with E-state index in [1.807, 2.05) is 0 Å². The molecular formula is C25H23F3N2O3S. The molecule has 0 atom stereocenters. The second kappa shape index (κ2) is 9.44. The van der Waals surface area contributed by atoms with E-state index in [9.17, 15) is 22.3 Å². The summed E-state index contributed by atoms with van der Waals surface area (Å²) in [5.41, 5.74) is 4.52. The Morgan fingerprint density at radius 2 is 1.62 bits per heavy atom. The number of nitrogens with zero attached hydrogens (tertiary/aromatic N) is 1. The van der Waals surface area contributed by atoms with Crippen molar-refractivity contribution in [3.05, 3.63) is 95.5 Å². The van der Waals surface area contributed by atoms with Crippen molar-refractivity contribution in [2.45, 2.75) is 24.3 Å². The Morgan fingerprint density at radius 1 is 0.971 bits per heavy atom. The Balaban J connectivity index is 2.13. The number of hydrogen-bond donors (Lipinski definition) is 2. The molecule has 5 nitrogen and oxygen atoms in total. The molecule has 178 valence electrons. The predicted octanol–water partition coefficient (Wildman–Crippen LogP) is 4.91. The summed E-state index contributed by atoms with van der Waals surface area (Å²) < 4.78 is 67.0. The molecule has 0 saturated carbocycles. The van der Waals surface area contributed by atoms with Crippen molar-refractivity contribution in [1.29, 1.82) is 0 Å². The topological polar surface area (TPSA) is 92.8 Å². The molecule has 3 aromatic rings. The standard InChI is InChI=1S/C25H23F3N2O3S/c1-25(2,31)23(29)14-22(18-8-5-9-19(26)24(18)28)30-21-11-10-16(13-20(21)27)15-6-4-7-17(12-15)34(3,32)33/h4-14,31H,29H2,1-3H3. The van der Waals surface area contributed by atoms with Gasteiger partial charge in [-0.1, -0.05) is 24.3 Å². The van der Waals surface area contributed by atoms with Crippen molar-refractivity contribution >= 4 is 21.2 Å². The summed E-state index contributed by atoms with van der Waals surface area (Å²) in [6.07, 6.45) is 2.23. The van der Waals surface area contributed by atoms with Gasteiger partial charge in [0.1, 0.15) is 5.82 Å². The monoisotopic (exact) mass is 488 g/mol. The minimum absolute atomic E-state index is 0.0867. The van der Waals surface area contributed by atoms with E-state index in [-0.39, 0.29) is 27.6 Å². The maximum Gasteiger partial charge on any atom is 0.175 e. The number of benzene rings is 3. The van der Waals surface area contributed by atoms with Crippen LogP contribution in [0.3, 0.4) is 0 Å². The van der Waals surface area contributed by atoms with Crippen LogP contribution in [0.25, 0.3) is 11.1 Å². The first kappa shape index (κ1) is 25.2. The van der Waals surface area contributed by atoms with Crippen molar-refractivity contribution in [3.63, 3.8) is 0 Å². The van der Waals surface area contributed by atoms with Crippen molar-refractivity contribution in [2.75, 3.05) is 6.26 Å². The number of halogens is 3. The summed E-state index contributed by atoms with van der Waals surface area (Å²) in [5.74, 6) is -3.11. The SMILES string of the molecule is CC(C)(O)C(N)=CC(=Nc1ccc(-c2cccc(S(C)(=O)=O)c2)cc1F)c1cccc(F)c1F. The Bertz CT molecular complexity index is 1410. The van der Waals surface area contributed by atoms with E-state index in [4.69, 9.17) is 5.73 Å². The third-order valence-corrected chi connectivity index (χ3v) is 6.12. The quantitative estimate of drug-likeness (QED) is 0.483. The summed E-state index contributed by atoms with van der Waals surface area (Å²) in [6, 6.07) is 13.5. The zero-order valence-electron chi connectivity index (χ0n) is 18.7. The van der Waals surface area contributed by atoms with Crippen LogP contribution in [-0.2, 0) is 9.84 Å². The number of hydrogen-bond acceptors (Lipinski definition) is 5. The fourth-order valence-corrected chi connectivity index (χ4v) is 3.68. The molecule has 0 fully saturated rings. The van der Waals surface area contributed by atoms with Gasteiger partial charge < -0.3 is 10.8 Å². The molecule has 0 unspecified atom stereocenters. The molecular weight excluding hydrogens is 465 g/mol. The Kier molecular flexibility index (Phi) is 6.99. The molecule has 0 radical (unpaired) electrons. The fourth-order valence-electron chi connectivity index (χ4n) is 3.01. The highest BCUT2D eigenvalue weighted by molar-refractivity contribution is 7.90. The lowest BCUT2D eigenvalue weighted by Crippen LogP contribution is -2.28. The second-order valence-electron chi connectivity index (χ2n) is 8.22. The first-order valence-corrected chi connectivity index (χ1v) is 12.0. The van der Waals surface area contributed by atoms with Crippen molar-refractivity contribution in [3.8, 4) is 11.1 Å². The molecule has 34 heavy (non-hydrogen) atoms. The van der Waals surface area contributed by atoms with Crippen LogP contribution < -0.4 is 5.73 Å².